The van der Waals surface area contributed by atoms with E-state index in [4.69, 9.17) is 18.9 Å². The number of hydrogen-bond donors (Lipinski definition) is 7. The zero-order chi connectivity index (χ0) is 20.6. The van der Waals surface area contributed by atoms with Gasteiger partial charge in [-0.15, -0.1) is 0 Å². The second-order valence-electron chi connectivity index (χ2n) is 7.74. The second kappa shape index (κ2) is 8.74. The zero-order valence-electron chi connectivity index (χ0n) is 15.9. The van der Waals surface area contributed by atoms with Crippen LogP contribution in [-0.2, 0) is 18.9 Å². The van der Waals surface area contributed by atoms with Crippen LogP contribution < -0.4 is 5.32 Å². The molecule has 2 heterocycles. The van der Waals surface area contributed by atoms with Gasteiger partial charge in [0.2, 0.25) is 0 Å². The Morgan fingerprint density at radius 3 is 2.39 bits per heavy atom. The predicted octanol–water partition coefficient (Wildman–Crippen LogP) is -3.74. The monoisotopic (exact) mass is 409 g/mol. The van der Waals surface area contributed by atoms with Crippen molar-refractivity contribution in [2.75, 3.05) is 26.8 Å². The van der Waals surface area contributed by atoms with Crippen molar-refractivity contribution in [3.63, 3.8) is 0 Å². The van der Waals surface area contributed by atoms with Crippen LogP contribution in [-0.4, -0.2) is 118 Å². The highest BCUT2D eigenvalue weighted by Crippen LogP contribution is 2.53. The summed E-state index contributed by atoms with van der Waals surface area (Å²) in [6.07, 6.45) is -10.4. The minimum atomic E-state index is -1.55. The molecule has 3 fully saturated rings. The summed E-state index contributed by atoms with van der Waals surface area (Å²) in [7, 11) is 1.76. The molecule has 1 aliphatic carbocycles. The molecule has 11 atom stereocenters. The van der Waals surface area contributed by atoms with Crippen LogP contribution in [0.2, 0.25) is 0 Å². The Morgan fingerprint density at radius 1 is 1.04 bits per heavy atom. The lowest BCUT2D eigenvalue weighted by atomic mass is 9.89. The number of likely N-dealkylation sites (N-methyl/N-ethyl adjacent to an activating group) is 1. The van der Waals surface area contributed by atoms with Crippen molar-refractivity contribution in [2.45, 2.75) is 74.3 Å². The summed E-state index contributed by atoms with van der Waals surface area (Å²) in [5.74, 6) is -0.545. The largest absolute Gasteiger partial charge is 0.394 e. The SMILES string of the molecule is CNCCO[C@H]1OC2(CC2O[C@H]2O[C@H](CO)[C@@H](O)[C@H](O)[C@@H]2O)[C@@H](O)[C@H](C)[C@@H]1O. The highest BCUT2D eigenvalue weighted by Gasteiger charge is 2.69. The van der Waals surface area contributed by atoms with E-state index in [0.717, 1.165) is 0 Å². The lowest BCUT2D eigenvalue weighted by Gasteiger charge is -2.43. The van der Waals surface area contributed by atoms with E-state index in [9.17, 15) is 30.6 Å². The van der Waals surface area contributed by atoms with Crippen LogP contribution in [0.4, 0.5) is 0 Å². The lowest BCUT2D eigenvalue weighted by Crippen LogP contribution is -2.60. The number of hydrogen-bond acceptors (Lipinski definition) is 11. The molecule has 0 bridgehead atoms. The van der Waals surface area contributed by atoms with E-state index < -0.39 is 73.4 Å². The van der Waals surface area contributed by atoms with Crippen LogP contribution >= 0.6 is 0 Å². The van der Waals surface area contributed by atoms with Crippen molar-refractivity contribution in [3.8, 4) is 0 Å². The van der Waals surface area contributed by atoms with Gasteiger partial charge in [-0.05, 0) is 7.05 Å². The van der Waals surface area contributed by atoms with Crippen molar-refractivity contribution >= 4 is 0 Å². The first-order valence-corrected chi connectivity index (χ1v) is 9.53. The molecule has 0 amide bonds. The molecule has 0 aromatic rings. The summed E-state index contributed by atoms with van der Waals surface area (Å²) < 4.78 is 22.5. The van der Waals surface area contributed by atoms with Gasteiger partial charge in [0, 0.05) is 18.9 Å². The molecular weight excluding hydrogens is 378 g/mol. The van der Waals surface area contributed by atoms with Gasteiger partial charge in [-0.1, -0.05) is 6.92 Å². The maximum Gasteiger partial charge on any atom is 0.187 e. The topological polar surface area (TPSA) is 170 Å². The van der Waals surface area contributed by atoms with Crippen LogP contribution in [0.3, 0.4) is 0 Å². The molecule has 2 saturated heterocycles. The summed E-state index contributed by atoms with van der Waals surface area (Å²) in [5.41, 5.74) is -1.14. The number of ether oxygens (including phenoxy) is 4. The van der Waals surface area contributed by atoms with Gasteiger partial charge in [0.25, 0.3) is 0 Å². The van der Waals surface area contributed by atoms with Gasteiger partial charge in [-0.2, -0.15) is 0 Å². The van der Waals surface area contributed by atoms with E-state index in [1.165, 1.54) is 0 Å². The summed E-state index contributed by atoms with van der Waals surface area (Å²) in [4.78, 5) is 0. The van der Waals surface area contributed by atoms with E-state index in [2.05, 4.69) is 5.32 Å². The average molecular weight is 409 g/mol. The third-order valence-corrected chi connectivity index (χ3v) is 5.82. The van der Waals surface area contributed by atoms with Gasteiger partial charge in [-0.25, -0.2) is 0 Å². The maximum absolute atomic E-state index is 10.6. The summed E-state index contributed by atoms with van der Waals surface area (Å²) in [6.45, 7) is 1.97. The van der Waals surface area contributed by atoms with Gasteiger partial charge in [-0.3, -0.25) is 0 Å². The van der Waals surface area contributed by atoms with Crippen LogP contribution in [0.15, 0.2) is 0 Å². The molecule has 2 unspecified atom stereocenters. The predicted molar refractivity (Wildman–Crippen MR) is 91.9 cm³/mol. The zero-order valence-corrected chi connectivity index (χ0v) is 15.9. The first-order chi connectivity index (χ1) is 13.3. The molecule has 164 valence electrons. The van der Waals surface area contributed by atoms with Gasteiger partial charge < -0.3 is 54.9 Å². The number of nitrogens with one attached hydrogen (secondary N) is 1. The molecular formula is C17H31NO10. The molecule has 11 nitrogen and oxygen atoms in total. The lowest BCUT2D eigenvalue weighted by molar-refractivity contribution is -0.327. The summed E-state index contributed by atoms with van der Waals surface area (Å²) >= 11 is 0. The van der Waals surface area contributed by atoms with Crippen LogP contribution in [0.25, 0.3) is 0 Å². The van der Waals surface area contributed by atoms with E-state index in [1.54, 1.807) is 14.0 Å². The van der Waals surface area contributed by atoms with Gasteiger partial charge in [0.15, 0.2) is 12.6 Å². The Bertz CT molecular complexity index is 524. The number of rotatable bonds is 7. The molecule has 2 aliphatic heterocycles. The molecule has 0 radical (unpaired) electrons. The quantitative estimate of drug-likeness (QED) is 0.206. The Labute approximate surface area is 162 Å². The smallest absolute Gasteiger partial charge is 0.187 e. The summed E-state index contributed by atoms with van der Waals surface area (Å²) in [5, 5.41) is 63.0. The fourth-order valence-corrected chi connectivity index (χ4v) is 3.82. The Hall–Kier alpha value is -0.440. The molecule has 0 aromatic carbocycles. The molecule has 3 rings (SSSR count). The standard InChI is InChI=1S/C17H31NO10/c1-7-10(20)15(25-4-3-18-2)28-17(14(7)24)5-9(17)27-16-13(23)12(22)11(21)8(6-19)26-16/h7-16,18-24H,3-6H2,1-2H3/t7-,8-,9?,10+,11-,12+,13+,14+,15+,16-,17?/m1/s1. The molecule has 28 heavy (non-hydrogen) atoms. The van der Waals surface area contributed by atoms with E-state index >= 15 is 0 Å². The number of aliphatic hydroxyl groups excluding tert-OH is 6. The normalized spacial score (nSPS) is 51.4. The number of aliphatic hydroxyl groups is 6. The first-order valence-electron chi connectivity index (χ1n) is 9.53. The van der Waals surface area contributed by atoms with Crippen LogP contribution in [0, 0.1) is 5.92 Å². The molecule has 11 heteroatoms. The average Bonchev–Trinajstić information content (AvgIpc) is 3.37. The molecule has 1 saturated carbocycles. The van der Waals surface area contributed by atoms with Crippen LogP contribution in [0.1, 0.15) is 13.3 Å². The van der Waals surface area contributed by atoms with Gasteiger partial charge in [0.05, 0.1) is 25.4 Å². The fourth-order valence-electron chi connectivity index (χ4n) is 3.82. The van der Waals surface area contributed by atoms with Crippen molar-refractivity contribution in [2.24, 2.45) is 5.92 Å². The molecule has 7 N–H and O–H groups in total. The van der Waals surface area contributed by atoms with E-state index in [0.29, 0.717) is 13.2 Å². The first kappa shape index (κ1) is 22.2. The van der Waals surface area contributed by atoms with Gasteiger partial charge >= 0.3 is 0 Å². The molecule has 3 aliphatic rings. The van der Waals surface area contributed by atoms with Gasteiger partial charge in [0.1, 0.15) is 36.1 Å². The molecule has 0 aromatic heterocycles. The third kappa shape index (κ3) is 3.94. The minimum absolute atomic E-state index is 0.270. The second-order valence-corrected chi connectivity index (χ2v) is 7.74. The minimum Gasteiger partial charge on any atom is -0.394 e. The molecule has 1 spiro atoms. The maximum atomic E-state index is 10.6. The van der Waals surface area contributed by atoms with Crippen molar-refractivity contribution in [1.29, 1.82) is 0 Å². The van der Waals surface area contributed by atoms with Crippen molar-refractivity contribution in [3.05, 3.63) is 0 Å². The van der Waals surface area contributed by atoms with Crippen LogP contribution in [0.5, 0.6) is 0 Å². The van der Waals surface area contributed by atoms with Crippen molar-refractivity contribution < 1.29 is 49.6 Å². The van der Waals surface area contributed by atoms with E-state index in [-0.39, 0.29) is 6.42 Å². The Morgan fingerprint density at radius 2 is 1.75 bits per heavy atom. The summed E-state index contributed by atoms with van der Waals surface area (Å²) in [6, 6.07) is 0. The van der Waals surface area contributed by atoms with Crippen molar-refractivity contribution in [1.82, 2.24) is 5.32 Å². The highest BCUT2D eigenvalue weighted by atomic mass is 16.7. The highest BCUT2D eigenvalue weighted by molar-refractivity contribution is 5.16. The van der Waals surface area contributed by atoms with E-state index in [1.807, 2.05) is 0 Å². The Balaban J connectivity index is 1.65. The Kier molecular flexibility index (Phi) is 6.94. The fraction of sp³-hybridized carbons (Fsp3) is 1.00. The third-order valence-electron chi connectivity index (χ3n) is 5.82.